The fourth-order valence-corrected chi connectivity index (χ4v) is 2.26. The van der Waals surface area contributed by atoms with Gasteiger partial charge in [-0.05, 0) is 31.5 Å². The molecule has 1 atom stereocenters. The van der Waals surface area contributed by atoms with Crippen molar-refractivity contribution in [1.29, 1.82) is 0 Å². The summed E-state index contributed by atoms with van der Waals surface area (Å²) in [5.74, 6) is 1.53. The van der Waals surface area contributed by atoms with Crippen LogP contribution in [0.25, 0.3) is 0 Å². The molecule has 1 aliphatic heterocycles. The molecule has 6 heteroatoms. The Balaban J connectivity index is 1.59. The summed E-state index contributed by atoms with van der Waals surface area (Å²) in [6, 6.07) is 5.98. The number of piperidine rings is 1. The molecular formula is C14H16FN3O2. The first kappa shape index (κ1) is 13.1. The Labute approximate surface area is 116 Å². The minimum absolute atomic E-state index is 0.174. The number of ether oxygens (including phenoxy) is 1. The van der Waals surface area contributed by atoms with Crippen LogP contribution in [-0.2, 0) is 6.61 Å². The lowest BCUT2D eigenvalue weighted by Gasteiger charge is -2.18. The van der Waals surface area contributed by atoms with Gasteiger partial charge < -0.3 is 14.6 Å². The molecule has 1 saturated heterocycles. The van der Waals surface area contributed by atoms with Crippen LogP contribution < -0.4 is 10.1 Å². The molecule has 0 aliphatic carbocycles. The molecule has 0 spiro atoms. The topological polar surface area (TPSA) is 60.2 Å². The molecule has 0 amide bonds. The Morgan fingerprint density at radius 2 is 2.40 bits per heavy atom. The lowest BCUT2D eigenvalue weighted by molar-refractivity contribution is 0.280. The lowest BCUT2D eigenvalue weighted by Crippen LogP contribution is -2.28. The van der Waals surface area contributed by atoms with Crippen LogP contribution in [-0.4, -0.2) is 23.2 Å². The lowest BCUT2D eigenvalue weighted by atomic mass is 10.00. The van der Waals surface area contributed by atoms with E-state index in [9.17, 15) is 4.39 Å². The smallest absolute Gasteiger partial charge is 0.231 e. The Morgan fingerprint density at radius 1 is 1.45 bits per heavy atom. The maximum Gasteiger partial charge on any atom is 0.231 e. The molecular weight excluding hydrogens is 261 g/mol. The molecule has 2 aromatic rings. The summed E-state index contributed by atoms with van der Waals surface area (Å²) in [5.41, 5.74) is 0. The van der Waals surface area contributed by atoms with Crippen molar-refractivity contribution in [3.8, 4) is 5.75 Å². The van der Waals surface area contributed by atoms with Gasteiger partial charge in [0.05, 0.1) is 5.92 Å². The van der Waals surface area contributed by atoms with Crippen molar-refractivity contribution in [3.05, 3.63) is 41.8 Å². The Bertz CT molecular complexity index is 567. The zero-order valence-electron chi connectivity index (χ0n) is 11.0. The highest BCUT2D eigenvalue weighted by Gasteiger charge is 2.21. The van der Waals surface area contributed by atoms with Crippen molar-refractivity contribution < 1.29 is 13.7 Å². The Kier molecular flexibility index (Phi) is 3.92. The zero-order chi connectivity index (χ0) is 13.8. The standard InChI is InChI=1S/C14H16FN3O2/c15-11-4-1-5-12(7-11)19-9-13-17-14(20-18-13)10-3-2-6-16-8-10/h1,4-5,7,10,16H,2-3,6,8-9H2. The Hall–Kier alpha value is -1.95. The Morgan fingerprint density at radius 3 is 3.20 bits per heavy atom. The summed E-state index contributed by atoms with van der Waals surface area (Å²) in [6.07, 6.45) is 2.17. The maximum atomic E-state index is 13.0. The number of nitrogens with one attached hydrogen (secondary N) is 1. The van der Waals surface area contributed by atoms with E-state index < -0.39 is 0 Å². The van der Waals surface area contributed by atoms with E-state index in [2.05, 4.69) is 15.5 Å². The van der Waals surface area contributed by atoms with E-state index in [1.165, 1.54) is 12.1 Å². The second-order valence-corrected chi connectivity index (χ2v) is 4.84. The first-order valence-electron chi connectivity index (χ1n) is 6.73. The fraction of sp³-hybridized carbons (Fsp3) is 0.429. The third-order valence-electron chi connectivity index (χ3n) is 3.29. The van der Waals surface area contributed by atoms with E-state index in [0.717, 1.165) is 25.9 Å². The average molecular weight is 277 g/mol. The molecule has 2 heterocycles. The number of nitrogens with zero attached hydrogens (tertiary/aromatic N) is 2. The second-order valence-electron chi connectivity index (χ2n) is 4.84. The first-order valence-corrected chi connectivity index (χ1v) is 6.73. The fourth-order valence-electron chi connectivity index (χ4n) is 2.26. The zero-order valence-corrected chi connectivity index (χ0v) is 11.0. The summed E-state index contributed by atoms with van der Waals surface area (Å²) >= 11 is 0. The average Bonchev–Trinajstić information content (AvgIpc) is 2.95. The predicted octanol–water partition coefficient (Wildman–Crippen LogP) is 2.25. The number of rotatable bonds is 4. The summed E-state index contributed by atoms with van der Waals surface area (Å²) in [4.78, 5) is 4.33. The number of benzene rings is 1. The highest BCUT2D eigenvalue weighted by molar-refractivity contribution is 5.22. The van der Waals surface area contributed by atoms with E-state index in [0.29, 0.717) is 17.5 Å². The van der Waals surface area contributed by atoms with E-state index in [4.69, 9.17) is 9.26 Å². The minimum Gasteiger partial charge on any atom is -0.485 e. The SMILES string of the molecule is Fc1cccc(OCc2noc(C3CCCNC3)n2)c1. The number of halogens is 1. The van der Waals surface area contributed by atoms with Crippen molar-refractivity contribution >= 4 is 0 Å². The van der Waals surface area contributed by atoms with E-state index in [1.54, 1.807) is 12.1 Å². The molecule has 1 aromatic carbocycles. The van der Waals surface area contributed by atoms with Gasteiger partial charge in [-0.2, -0.15) is 4.98 Å². The van der Waals surface area contributed by atoms with Crippen LogP contribution in [0, 0.1) is 5.82 Å². The van der Waals surface area contributed by atoms with Gasteiger partial charge in [-0.15, -0.1) is 0 Å². The third-order valence-corrected chi connectivity index (χ3v) is 3.29. The molecule has 1 unspecified atom stereocenters. The normalized spacial score (nSPS) is 18.9. The summed E-state index contributed by atoms with van der Waals surface area (Å²) in [6.45, 7) is 2.08. The van der Waals surface area contributed by atoms with Gasteiger partial charge in [0, 0.05) is 12.6 Å². The molecule has 1 aromatic heterocycles. The van der Waals surface area contributed by atoms with Gasteiger partial charge >= 0.3 is 0 Å². The van der Waals surface area contributed by atoms with E-state index in [1.807, 2.05) is 0 Å². The van der Waals surface area contributed by atoms with Crippen LogP contribution in [0.5, 0.6) is 5.75 Å². The molecule has 3 rings (SSSR count). The molecule has 20 heavy (non-hydrogen) atoms. The summed E-state index contributed by atoms with van der Waals surface area (Å²) < 4.78 is 23.7. The second kappa shape index (κ2) is 6.00. The van der Waals surface area contributed by atoms with Crippen molar-refractivity contribution in [3.63, 3.8) is 0 Å². The monoisotopic (exact) mass is 277 g/mol. The van der Waals surface area contributed by atoms with Crippen LogP contribution in [0.1, 0.15) is 30.5 Å². The highest BCUT2D eigenvalue weighted by Crippen LogP contribution is 2.21. The van der Waals surface area contributed by atoms with Gasteiger partial charge in [0.1, 0.15) is 11.6 Å². The first-order chi connectivity index (χ1) is 9.81. The van der Waals surface area contributed by atoms with Gasteiger partial charge in [0.2, 0.25) is 11.7 Å². The molecule has 1 aliphatic rings. The van der Waals surface area contributed by atoms with Gasteiger partial charge in [0.25, 0.3) is 0 Å². The number of hydrogen-bond donors (Lipinski definition) is 1. The van der Waals surface area contributed by atoms with Gasteiger partial charge in [-0.3, -0.25) is 0 Å². The predicted molar refractivity (Wildman–Crippen MR) is 69.9 cm³/mol. The molecule has 0 saturated carbocycles. The molecule has 1 N–H and O–H groups in total. The van der Waals surface area contributed by atoms with Gasteiger partial charge in [-0.25, -0.2) is 4.39 Å². The van der Waals surface area contributed by atoms with Crippen molar-refractivity contribution in [2.24, 2.45) is 0 Å². The molecule has 0 bridgehead atoms. The minimum atomic E-state index is -0.329. The molecule has 1 fully saturated rings. The van der Waals surface area contributed by atoms with E-state index in [-0.39, 0.29) is 18.3 Å². The van der Waals surface area contributed by atoms with Crippen molar-refractivity contribution in [2.75, 3.05) is 13.1 Å². The van der Waals surface area contributed by atoms with Gasteiger partial charge in [-0.1, -0.05) is 11.2 Å². The largest absolute Gasteiger partial charge is 0.485 e. The summed E-state index contributed by atoms with van der Waals surface area (Å²) in [5, 5.41) is 7.20. The van der Waals surface area contributed by atoms with Crippen LogP contribution in [0.2, 0.25) is 0 Å². The number of aromatic nitrogens is 2. The van der Waals surface area contributed by atoms with Crippen LogP contribution >= 0.6 is 0 Å². The van der Waals surface area contributed by atoms with Crippen molar-refractivity contribution in [1.82, 2.24) is 15.5 Å². The van der Waals surface area contributed by atoms with Gasteiger partial charge in [0.15, 0.2) is 6.61 Å². The number of hydrogen-bond acceptors (Lipinski definition) is 5. The third kappa shape index (κ3) is 3.14. The molecule has 0 radical (unpaired) electrons. The quantitative estimate of drug-likeness (QED) is 0.928. The van der Waals surface area contributed by atoms with Crippen LogP contribution in [0.15, 0.2) is 28.8 Å². The van der Waals surface area contributed by atoms with Crippen LogP contribution in [0.4, 0.5) is 4.39 Å². The highest BCUT2D eigenvalue weighted by atomic mass is 19.1. The van der Waals surface area contributed by atoms with Crippen molar-refractivity contribution in [2.45, 2.75) is 25.4 Å². The molecule has 106 valence electrons. The van der Waals surface area contributed by atoms with E-state index >= 15 is 0 Å². The molecule has 5 nitrogen and oxygen atoms in total. The maximum absolute atomic E-state index is 13.0. The summed E-state index contributed by atoms with van der Waals surface area (Å²) in [7, 11) is 0. The van der Waals surface area contributed by atoms with Crippen LogP contribution in [0.3, 0.4) is 0 Å².